The zero-order valence-electron chi connectivity index (χ0n) is 19.5. The molecule has 2 N–H and O–H groups in total. The zero-order chi connectivity index (χ0) is 25.0. The second-order valence-corrected chi connectivity index (χ2v) is 7.80. The van der Waals surface area contributed by atoms with Gasteiger partial charge in [-0.2, -0.15) is 0 Å². The van der Waals surface area contributed by atoms with Crippen LogP contribution in [0.5, 0.6) is 11.5 Å². The Labute approximate surface area is 207 Å². The van der Waals surface area contributed by atoms with Crippen molar-refractivity contribution in [1.82, 2.24) is 19.9 Å². The van der Waals surface area contributed by atoms with Gasteiger partial charge in [-0.05, 0) is 61.1 Å². The Morgan fingerprint density at radius 3 is 1.58 bits per heavy atom. The van der Waals surface area contributed by atoms with Crippen LogP contribution in [-0.2, 0) is 22.3 Å². The van der Waals surface area contributed by atoms with E-state index in [9.17, 15) is 9.59 Å². The van der Waals surface area contributed by atoms with Crippen molar-refractivity contribution in [1.29, 1.82) is 0 Å². The fourth-order valence-corrected chi connectivity index (χ4v) is 3.37. The van der Waals surface area contributed by atoms with Gasteiger partial charge in [0.25, 0.3) is 0 Å². The van der Waals surface area contributed by atoms with Gasteiger partial charge in [-0.3, -0.25) is 9.97 Å². The van der Waals surface area contributed by atoms with Crippen LogP contribution in [0.15, 0.2) is 73.6 Å². The van der Waals surface area contributed by atoms with E-state index in [4.69, 9.17) is 18.9 Å². The Morgan fingerprint density at radius 1 is 0.694 bits per heavy atom. The van der Waals surface area contributed by atoms with Gasteiger partial charge in [-0.15, -0.1) is 0 Å². The van der Waals surface area contributed by atoms with Gasteiger partial charge in [-0.1, -0.05) is 0 Å². The Balaban J connectivity index is 1.24. The van der Waals surface area contributed by atoms with Gasteiger partial charge in [0.2, 0.25) is 0 Å². The normalized spacial score (nSPS) is 10.6. The molecule has 0 aliphatic rings. The van der Waals surface area contributed by atoms with Crippen molar-refractivity contribution in [3.8, 4) is 22.9 Å². The minimum Gasteiger partial charge on any atom is -0.434 e. The van der Waals surface area contributed by atoms with E-state index in [-0.39, 0.29) is 24.7 Å². The number of ether oxygens (including phenoxy) is 4. The third-order valence-electron chi connectivity index (χ3n) is 5.11. The first kappa shape index (κ1) is 24.5. The average Bonchev–Trinajstić information content (AvgIpc) is 3.60. The molecule has 0 unspecified atom stereocenters. The number of hydrogen-bond donors (Lipinski definition) is 2. The Bertz CT molecular complexity index is 1140. The molecule has 0 fully saturated rings. The fraction of sp³-hybridized carbons (Fsp3) is 0.231. The van der Waals surface area contributed by atoms with Crippen molar-refractivity contribution in [2.75, 3.05) is 13.2 Å². The van der Waals surface area contributed by atoms with E-state index in [0.29, 0.717) is 24.2 Å². The van der Waals surface area contributed by atoms with Gasteiger partial charge < -0.3 is 28.9 Å². The fourth-order valence-electron chi connectivity index (χ4n) is 3.37. The largest absolute Gasteiger partial charge is 0.513 e. The van der Waals surface area contributed by atoms with E-state index in [2.05, 4.69) is 19.9 Å². The van der Waals surface area contributed by atoms with Crippen LogP contribution in [0.25, 0.3) is 11.4 Å². The highest BCUT2D eigenvalue weighted by molar-refractivity contribution is 5.67. The smallest absolute Gasteiger partial charge is 0.434 e. The van der Waals surface area contributed by atoms with Crippen LogP contribution >= 0.6 is 0 Å². The highest BCUT2D eigenvalue weighted by Crippen LogP contribution is 2.23. The third kappa shape index (κ3) is 7.73. The number of hydrogen-bond acceptors (Lipinski definition) is 8. The predicted molar refractivity (Wildman–Crippen MR) is 130 cm³/mol. The Kier molecular flexibility index (Phi) is 8.68. The number of nitrogens with one attached hydrogen (secondary N) is 2. The van der Waals surface area contributed by atoms with Crippen molar-refractivity contribution < 1.29 is 28.5 Å². The molecule has 4 heterocycles. The van der Waals surface area contributed by atoms with Crippen LogP contribution in [0.3, 0.4) is 0 Å². The standard InChI is InChI=1S/C26H26N4O6/c31-25(33-13-1-3-19-5-9-27-17-19)35-21-7-11-29-23(15-21)24-16-22(8-12-30-24)36-26(32)34-14-2-4-20-6-10-28-18-20/h5-12,15-18,27-28H,1-4,13-14H2. The number of H-pyrrole nitrogens is 2. The quantitative estimate of drug-likeness (QED) is 0.220. The number of pyridine rings is 2. The first-order valence-electron chi connectivity index (χ1n) is 11.5. The van der Waals surface area contributed by atoms with E-state index < -0.39 is 12.3 Å². The molecule has 10 nitrogen and oxygen atoms in total. The highest BCUT2D eigenvalue weighted by Gasteiger charge is 2.12. The molecule has 0 saturated heterocycles. The maximum absolute atomic E-state index is 12.0. The molecule has 0 spiro atoms. The van der Waals surface area contributed by atoms with Gasteiger partial charge in [0.15, 0.2) is 0 Å². The maximum atomic E-state index is 12.0. The summed E-state index contributed by atoms with van der Waals surface area (Å²) in [6, 6.07) is 10.1. The number of aryl methyl sites for hydroxylation is 2. The van der Waals surface area contributed by atoms with Gasteiger partial charge in [0.05, 0.1) is 24.6 Å². The van der Waals surface area contributed by atoms with Crippen LogP contribution in [0.4, 0.5) is 9.59 Å². The second kappa shape index (κ2) is 12.7. The van der Waals surface area contributed by atoms with Gasteiger partial charge in [0.1, 0.15) is 11.5 Å². The van der Waals surface area contributed by atoms with Crippen LogP contribution < -0.4 is 9.47 Å². The van der Waals surface area contributed by atoms with Crippen LogP contribution in [0.1, 0.15) is 24.0 Å². The zero-order valence-corrected chi connectivity index (χ0v) is 19.5. The maximum Gasteiger partial charge on any atom is 0.513 e. The molecule has 0 radical (unpaired) electrons. The molecule has 10 heteroatoms. The SMILES string of the molecule is O=C(OCCCc1cc[nH]c1)Oc1ccnc(-c2cc(OC(=O)OCCCc3cc[nH]c3)ccn2)c1. The summed E-state index contributed by atoms with van der Waals surface area (Å²) in [5, 5.41) is 0. The van der Waals surface area contributed by atoms with Crippen molar-refractivity contribution in [3.63, 3.8) is 0 Å². The van der Waals surface area contributed by atoms with Crippen LogP contribution in [-0.4, -0.2) is 45.5 Å². The lowest BCUT2D eigenvalue weighted by Gasteiger charge is -2.08. The van der Waals surface area contributed by atoms with E-state index in [1.807, 2.05) is 36.9 Å². The lowest BCUT2D eigenvalue weighted by molar-refractivity contribution is 0.0969. The minimum atomic E-state index is -0.800. The van der Waals surface area contributed by atoms with E-state index >= 15 is 0 Å². The molecule has 0 amide bonds. The van der Waals surface area contributed by atoms with Crippen molar-refractivity contribution in [3.05, 3.63) is 84.7 Å². The first-order chi connectivity index (χ1) is 17.7. The molecule has 0 bridgehead atoms. The second-order valence-electron chi connectivity index (χ2n) is 7.80. The monoisotopic (exact) mass is 490 g/mol. The van der Waals surface area contributed by atoms with Crippen LogP contribution in [0, 0.1) is 0 Å². The number of nitrogens with zero attached hydrogens (tertiary/aromatic N) is 2. The summed E-state index contributed by atoms with van der Waals surface area (Å²) in [6.07, 6.45) is 11.8. The Hall–Kier alpha value is -4.60. The molecule has 0 aliphatic carbocycles. The summed E-state index contributed by atoms with van der Waals surface area (Å²) in [6.45, 7) is 0.482. The average molecular weight is 491 g/mol. The van der Waals surface area contributed by atoms with E-state index in [1.54, 1.807) is 12.1 Å². The molecule has 4 aromatic heterocycles. The molecular weight excluding hydrogens is 464 g/mol. The molecule has 4 aromatic rings. The van der Waals surface area contributed by atoms with Gasteiger partial charge in [0, 0.05) is 49.3 Å². The lowest BCUT2D eigenvalue weighted by atomic mass is 10.2. The van der Waals surface area contributed by atoms with Crippen molar-refractivity contribution in [2.24, 2.45) is 0 Å². The summed E-state index contributed by atoms with van der Waals surface area (Å²) in [5.74, 6) is 0.510. The number of carbonyl (C=O) groups is 2. The summed E-state index contributed by atoms with van der Waals surface area (Å²) in [7, 11) is 0. The molecule has 186 valence electrons. The van der Waals surface area contributed by atoms with Crippen molar-refractivity contribution in [2.45, 2.75) is 25.7 Å². The summed E-state index contributed by atoms with van der Waals surface area (Å²) >= 11 is 0. The lowest BCUT2D eigenvalue weighted by Crippen LogP contribution is -2.12. The highest BCUT2D eigenvalue weighted by atomic mass is 16.7. The number of aromatic amines is 2. The molecular formula is C26H26N4O6. The number of rotatable bonds is 11. The van der Waals surface area contributed by atoms with E-state index in [1.165, 1.54) is 24.5 Å². The molecule has 0 aromatic carbocycles. The number of carbonyl (C=O) groups excluding carboxylic acids is 2. The topological polar surface area (TPSA) is 128 Å². The van der Waals surface area contributed by atoms with Gasteiger partial charge in [-0.25, -0.2) is 9.59 Å². The van der Waals surface area contributed by atoms with E-state index in [0.717, 1.165) is 24.0 Å². The van der Waals surface area contributed by atoms with Crippen molar-refractivity contribution >= 4 is 12.3 Å². The molecule has 4 rings (SSSR count). The third-order valence-corrected chi connectivity index (χ3v) is 5.11. The Morgan fingerprint density at radius 2 is 1.17 bits per heavy atom. The van der Waals surface area contributed by atoms with Gasteiger partial charge >= 0.3 is 12.3 Å². The van der Waals surface area contributed by atoms with Crippen LogP contribution in [0.2, 0.25) is 0 Å². The first-order valence-corrected chi connectivity index (χ1v) is 11.5. The molecule has 0 aliphatic heterocycles. The molecule has 36 heavy (non-hydrogen) atoms. The summed E-state index contributed by atoms with van der Waals surface area (Å²) in [5.41, 5.74) is 3.15. The summed E-state index contributed by atoms with van der Waals surface area (Å²) < 4.78 is 20.8. The predicted octanol–water partition coefficient (Wildman–Crippen LogP) is 5.10. The summed E-state index contributed by atoms with van der Waals surface area (Å²) in [4.78, 5) is 38.5. The number of aromatic nitrogens is 4. The molecule has 0 atom stereocenters. The molecule has 0 saturated carbocycles. The minimum absolute atomic E-state index is 0.241.